The number of methoxy groups -OCH3 is 3. The molecule has 0 saturated carbocycles. The zero-order chi connectivity index (χ0) is 15.7. The summed E-state index contributed by atoms with van der Waals surface area (Å²) in [5.74, 6) is 0. The molecule has 0 fully saturated rings. The molecule has 7 heteroatoms. The molecule has 0 aliphatic carbocycles. The molecular weight excluding hydrogens is 290 g/mol. The highest BCUT2D eigenvalue weighted by Gasteiger charge is 2.17. The summed E-state index contributed by atoms with van der Waals surface area (Å²) in [6.07, 6.45) is 0. The Morgan fingerprint density at radius 2 is 2.00 bits per heavy atom. The van der Waals surface area contributed by atoms with E-state index in [4.69, 9.17) is 19.2 Å². The number of rotatable bonds is 11. The van der Waals surface area contributed by atoms with Gasteiger partial charge in [-0.15, -0.1) is 11.3 Å². The van der Waals surface area contributed by atoms with Gasteiger partial charge >= 0.3 is 0 Å². The maximum atomic E-state index is 5.25. The fourth-order valence-corrected chi connectivity index (χ4v) is 2.92. The minimum absolute atomic E-state index is 0.283. The zero-order valence-corrected chi connectivity index (χ0v) is 14.5. The number of hydrogen-bond acceptors (Lipinski definition) is 7. The van der Waals surface area contributed by atoms with Gasteiger partial charge in [-0.2, -0.15) is 0 Å². The molecule has 0 amide bonds. The summed E-state index contributed by atoms with van der Waals surface area (Å²) in [4.78, 5) is 8.05. The Labute approximate surface area is 131 Å². The van der Waals surface area contributed by atoms with Crippen molar-refractivity contribution in [3.63, 3.8) is 0 Å². The molecule has 1 aromatic heterocycles. The van der Waals surface area contributed by atoms with Gasteiger partial charge in [-0.25, -0.2) is 4.98 Å². The first kappa shape index (κ1) is 18.3. The number of nitrogens with zero attached hydrogens (tertiary/aromatic N) is 2. The van der Waals surface area contributed by atoms with Crippen LogP contribution in [-0.4, -0.2) is 59.2 Å². The lowest BCUT2D eigenvalue weighted by atomic mass is 10.3. The van der Waals surface area contributed by atoms with Crippen LogP contribution in [-0.2, 0) is 27.4 Å². The molecule has 1 aromatic rings. The second-order valence-electron chi connectivity index (χ2n) is 4.88. The third kappa shape index (κ3) is 5.88. The second-order valence-corrected chi connectivity index (χ2v) is 5.95. The third-order valence-corrected chi connectivity index (χ3v) is 4.38. The van der Waals surface area contributed by atoms with E-state index in [2.05, 4.69) is 17.1 Å². The van der Waals surface area contributed by atoms with Crippen LogP contribution in [0, 0.1) is 0 Å². The van der Waals surface area contributed by atoms with Crippen molar-refractivity contribution in [1.29, 1.82) is 0 Å². The quantitative estimate of drug-likeness (QED) is 0.624. The van der Waals surface area contributed by atoms with Crippen molar-refractivity contribution in [2.45, 2.75) is 26.1 Å². The molecule has 0 saturated heterocycles. The second kappa shape index (κ2) is 10.1. The molecule has 1 unspecified atom stereocenters. The van der Waals surface area contributed by atoms with Crippen LogP contribution in [0.3, 0.4) is 0 Å². The summed E-state index contributed by atoms with van der Waals surface area (Å²) in [5, 5.41) is 4.35. The van der Waals surface area contributed by atoms with E-state index in [1.807, 2.05) is 7.05 Å². The Kier molecular flexibility index (Phi) is 8.79. The van der Waals surface area contributed by atoms with Crippen molar-refractivity contribution < 1.29 is 14.2 Å². The highest BCUT2D eigenvalue weighted by atomic mass is 32.1. The SMILES string of the molecule is COCCNCc1sc(N(C)C(C)COC)nc1COC. The van der Waals surface area contributed by atoms with E-state index in [0.717, 1.165) is 23.9 Å². The van der Waals surface area contributed by atoms with Gasteiger partial charge in [0.15, 0.2) is 5.13 Å². The highest BCUT2D eigenvalue weighted by Crippen LogP contribution is 2.27. The first-order valence-corrected chi connectivity index (χ1v) is 7.84. The van der Waals surface area contributed by atoms with E-state index in [0.29, 0.717) is 19.8 Å². The van der Waals surface area contributed by atoms with Crippen LogP contribution in [0.4, 0.5) is 5.13 Å². The smallest absolute Gasteiger partial charge is 0.185 e. The summed E-state index contributed by atoms with van der Waals surface area (Å²) in [5.41, 5.74) is 0.999. The fourth-order valence-electron chi connectivity index (χ4n) is 1.83. The average molecular weight is 317 g/mol. The maximum absolute atomic E-state index is 5.25. The van der Waals surface area contributed by atoms with E-state index < -0.39 is 0 Å². The topological polar surface area (TPSA) is 55.9 Å². The van der Waals surface area contributed by atoms with Gasteiger partial charge in [0.25, 0.3) is 0 Å². The van der Waals surface area contributed by atoms with Gasteiger partial charge in [0.1, 0.15) is 0 Å². The summed E-state index contributed by atoms with van der Waals surface area (Å²) >= 11 is 1.70. The monoisotopic (exact) mass is 317 g/mol. The van der Waals surface area contributed by atoms with Crippen LogP contribution in [0.15, 0.2) is 0 Å². The lowest BCUT2D eigenvalue weighted by Gasteiger charge is -2.23. The lowest BCUT2D eigenvalue weighted by molar-refractivity contribution is 0.180. The molecule has 122 valence electrons. The fraction of sp³-hybridized carbons (Fsp3) is 0.786. The predicted octanol–water partition coefficient (Wildman–Crippen LogP) is 1.50. The van der Waals surface area contributed by atoms with Crippen molar-refractivity contribution in [1.82, 2.24) is 10.3 Å². The Morgan fingerprint density at radius 3 is 2.62 bits per heavy atom. The van der Waals surface area contributed by atoms with E-state index in [-0.39, 0.29) is 6.04 Å². The van der Waals surface area contributed by atoms with Crippen molar-refractivity contribution in [2.24, 2.45) is 0 Å². The standard InChI is InChI=1S/C14H27N3O3S/c1-11(9-19-4)17(2)14-16-12(10-20-5)13(21-14)8-15-6-7-18-3/h11,15H,6-10H2,1-5H3. The average Bonchev–Trinajstić information content (AvgIpc) is 2.86. The largest absolute Gasteiger partial charge is 0.383 e. The first-order valence-electron chi connectivity index (χ1n) is 7.03. The van der Waals surface area contributed by atoms with Crippen LogP contribution < -0.4 is 10.2 Å². The van der Waals surface area contributed by atoms with Crippen LogP contribution in [0.1, 0.15) is 17.5 Å². The van der Waals surface area contributed by atoms with Gasteiger partial charge in [0.05, 0.1) is 31.6 Å². The van der Waals surface area contributed by atoms with Crippen LogP contribution in [0.2, 0.25) is 0 Å². The van der Waals surface area contributed by atoms with Crippen molar-refractivity contribution >= 4 is 16.5 Å². The van der Waals surface area contributed by atoms with Gasteiger partial charge in [0.2, 0.25) is 0 Å². The van der Waals surface area contributed by atoms with Gasteiger partial charge in [-0.3, -0.25) is 0 Å². The minimum atomic E-state index is 0.283. The number of likely N-dealkylation sites (N-methyl/N-ethyl adjacent to an activating group) is 1. The van der Waals surface area contributed by atoms with Gasteiger partial charge in [-0.1, -0.05) is 0 Å². The summed E-state index contributed by atoms with van der Waals surface area (Å²) < 4.78 is 15.5. The lowest BCUT2D eigenvalue weighted by Crippen LogP contribution is -2.32. The molecule has 0 spiro atoms. The van der Waals surface area contributed by atoms with Crippen molar-refractivity contribution in [2.75, 3.05) is 53.0 Å². The summed E-state index contributed by atoms with van der Waals surface area (Å²) in [7, 11) is 7.16. The zero-order valence-electron chi connectivity index (χ0n) is 13.6. The molecule has 0 aliphatic heterocycles. The Hall–Kier alpha value is -0.730. The highest BCUT2D eigenvalue weighted by molar-refractivity contribution is 7.15. The molecule has 0 bridgehead atoms. The molecule has 1 rings (SSSR count). The minimum Gasteiger partial charge on any atom is -0.383 e. The first-order chi connectivity index (χ1) is 10.1. The Balaban J connectivity index is 2.72. The molecular formula is C14H27N3O3S. The molecule has 1 heterocycles. The molecule has 0 radical (unpaired) electrons. The van der Waals surface area contributed by atoms with E-state index in [1.54, 1.807) is 32.7 Å². The number of ether oxygens (including phenoxy) is 3. The van der Waals surface area contributed by atoms with Gasteiger partial charge < -0.3 is 24.4 Å². The summed E-state index contributed by atoms with van der Waals surface area (Å²) in [6, 6.07) is 0.283. The predicted molar refractivity (Wildman–Crippen MR) is 86.2 cm³/mol. The molecule has 1 N–H and O–H groups in total. The van der Waals surface area contributed by atoms with Crippen LogP contribution >= 0.6 is 11.3 Å². The molecule has 21 heavy (non-hydrogen) atoms. The number of nitrogens with one attached hydrogen (secondary N) is 1. The number of thiazole rings is 1. The van der Waals surface area contributed by atoms with Crippen LogP contribution in [0.25, 0.3) is 0 Å². The number of hydrogen-bond donors (Lipinski definition) is 1. The van der Waals surface area contributed by atoms with Crippen LogP contribution in [0.5, 0.6) is 0 Å². The molecule has 0 aromatic carbocycles. The number of aromatic nitrogens is 1. The maximum Gasteiger partial charge on any atom is 0.185 e. The molecule has 6 nitrogen and oxygen atoms in total. The molecule has 1 atom stereocenters. The van der Waals surface area contributed by atoms with E-state index in [1.165, 1.54) is 4.88 Å². The number of anilines is 1. The van der Waals surface area contributed by atoms with E-state index in [9.17, 15) is 0 Å². The van der Waals surface area contributed by atoms with Crippen molar-refractivity contribution in [3.05, 3.63) is 10.6 Å². The van der Waals surface area contributed by atoms with E-state index >= 15 is 0 Å². The third-order valence-electron chi connectivity index (χ3n) is 3.19. The van der Waals surface area contributed by atoms with Gasteiger partial charge in [-0.05, 0) is 6.92 Å². The molecule has 0 aliphatic rings. The van der Waals surface area contributed by atoms with Gasteiger partial charge in [0, 0.05) is 46.3 Å². The summed E-state index contributed by atoms with van der Waals surface area (Å²) in [6.45, 7) is 5.65. The normalized spacial score (nSPS) is 12.6. The van der Waals surface area contributed by atoms with Crippen molar-refractivity contribution in [3.8, 4) is 0 Å². The Morgan fingerprint density at radius 1 is 1.24 bits per heavy atom. The Bertz CT molecular complexity index is 401.